The fraction of sp³-hybridized carbons (Fsp3) is 0.750. The molecule has 0 bridgehead atoms. The lowest BCUT2D eigenvalue weighted by Gasteiger charge is -2.15. The van der Waals surface area contributed by atoms with Crippen molar-refractivity contribution in [2.45, 2.75) is 31.3 Å². The van der Waals surface area contributed by atoms with Gasteiger partial charge in [-0.15, -0.1) is 11.6 Å². The molecule has 2 heterocycles. The van der Waals surface area contributed by atoms with Crippen LogP contribution < -0.4 is 5.32 Å². The molecule has 1 atom stereocenters. The summed E-state index contributed by atoms with van der Waals surface area (Å²) in [5.74, 6) is 1.89. The molecule has 5 heteroatoms. The highest BCUT2D eigenvalue weighted by atomic mass is 35.5. The molecule has 0 radical (unpaired) electrons. The molecular weight excluding hydrogens is 188 g/mol. The van der Waals surface area contributed by atoms with Crippen LogP contribution in [-0.4, -0.2) is 27.2 Å². The lowest BCUT2D eigenvalue weighted by Crippen LogP contribution is -2.20. The van der Waals surface area contributed by atoms with E-state index < -0.39 is 0 Å². The molecule has 0 amide bonds. The van der Waals surface area contributed by atoms with Gasteiger partial charge in [-0.1, -0.05) is 0 Å². The summed E-state index contributed by atoms with van der Waals surface area (Å²) < 4.78 is 1.96. The maximum Gasteiger partial charge on any atom is 0.164 e. The van der Waals surface area contributed by atoms with E-state index in [1.165, 1.54) is 0 Å². The van der Waals surface area contributed by atoms with Gasteiger partial charge in [-0.25, -0.2) is 9.67 Å². The number of nitrogens with zero attached hydrogens (tertiary/aromatic N) is 3. The van der Waals surface area contributed by atoms with E-state index in [2.05, 4.69) is 15.4 Å². The number of aryl methyl sites for hydroxylation is 1. The van der Waals surface area contributed by atoms with E-state index in [0.717, 1.165) is 37.6 Å². The van der Waals surface area contributed by atoms with Crippen molar-refractivity contribution in [1.29, 1.82) is 0 Å². The molecule has 1 unspecified atom stereocenters. The molecule has 0 spiro atoms. The molecule has 2 rings (SSSR count). The van der Waals surface area contributed by atoms with E-state index in [1.807, 2.05) is 11.7 Å². The molecule has 0 saturated carbocycles. The summed E-state index contributed by atoms with van der Waals surface area (Å²) in [6, 6.07) is 0. The van der Waals surface area contributed by atoms with Crippen LogP contribution in [0.4, 0.5) is 0 Å². The molecule has 0 fully saturated rings. The number of aromatic nitrogens is 3. The van der Waals surface area contributed by atoms with Crippen LogP contribution >= 0.6 is 11.6 Å². The highest BCUT2D eigenvalue weighted by Gasteiger charge is 2.19. The molecule has 0 aliphatic carbocycles. The number of nitrogens with one attached hydrogen (secondary N) is 1. The average molecular weight is 201 g/mol. The lowest BCUT2D eigenvalue weighted by molar-refractivity contribution is 0.482. The Morgan fingerprint density at radius 1 is 1.69 bits per heavy atom. The number of alkyl halides is 1. The zero-order valence-corrected chi connectivity index (χ0v) is 8.38. The quantitative estimate of drug-likeness (QED) is 0.710. The van der Waals surface area contributed by atoms with Gasteiger partial charge in [0, 0.05) is 18.3 Å². The third kappa shape index (κ3) is 1.84. The van der Waals surface area contributed by atoms with Crippen molar-refractivity contribution in [3.05, 3.63) is 11.6 Å². The minimum atomic E-state index is 0.235. The van der Waals surface area contributed by atoms with Gasteiger partial charge in [0.15, 0.2) is 5.82 Å². The van der Waals surface area contributed by atoms with E-state index >= 15 is 0 Å². The summed E-state index contributed by atoms with van der Waals surface area (Å²) >= 11 is 6.03. The predicted molar refractivity (Wildman–Crippen MR) is 50.7 cm³/mol. The maximum atomic E-state index is 6.03. The Balaban J connectivity index is 2.18. The smallest absolute Gasteiger partial charge is 0.164 e. The van der Waals surface area contributed by atoms with Crippen molar-refractivity contribution < 1.29 is 0 Å². The van der Waals surface area contributed by atoms with Crippen LogP contribution in [0.2, 0.25) is 0 Å². The highest BCUT2D eigenvalue weighted by molar-refractivity contribution is 6.20. The normalized spacial score (nSPS) is 21.5. The monoisotopic (exact) mass is 200 g/mol. The summed E-state index contributed by atoms with van der Waals surface area (Å²) in [5, 5.41) is 7.63. The second-order valence-electron chi connectivity index (χ2n) is 3.29. The van der Waals surface area contributed by atoms with E-state index in [1.54, 1.807) is 0 Å². The lowest BCUT2D eigenvalue weighted by atomic mass is 10.2. The average Bonchev–Trinajstić information content (AvgIpc) is 2.46. The molecule has 1 aliphatic heterocycles. The molecule has 1 N–H and O–H groups in total. The summed E-state index contributed by atoms with van der Waals surface area (Å²) in [6.07, 6.45) is 1.84. The Hall–Kier alpha value is -0.610. The van der Waals surface area contributed by atoms with Crippen LogP contribution in [0.25, 0.3) is 0 Å². The van der Waals surface area contributed by atoms with Crippen LogP contribution in [0.1, 0.15) is 18.1 Å². The Morgan fingerprint density at radius 2 is 2.54 bits per heavy atom. The predicted octanol–water partition coefficient (Wildman–Crippen LogP) is 0.551. The summed E-state index contributed by atoms with van der Waals surface area (Å²) in [6.45, 7) is 1.63. The molecule has 0 aromatic carbocycles. The van der Waals surface area contributed by atoms with Crippen molar-refractivity contribution in [2.24, 2.45) is 0 Å². The topological polar surface area (TPSA) is 42.7 Å². The molecular formula is C8H13ClN4. The second kappa shape index (κ2) is 3.64. The van der Waals surface area contributed by atoms with Crippen LogP contribution in [0.15, 0.2) is 0 Å². The standard InChI is InChI=1S/C8H13ClN4/c1-10-5-7-11-8-4-6(9)2-3-13(8)12-7/h6,10H,2-5H2,1H3. The summed E-state index contributed by atoms with van der Waals surface area (Å²) in [5.41, 5.74) is 0. The van der Waals surface area contributed by atoms with Crippen molar-refractivity contribution in [2.75, 3.05) is 7.05 Å². The first-order valence-electron chi connectivity index (χ1n) is 4.51. The Bertz CT molecular complexity index is 296. The van der Waals surface area contributed by atoms with Gasteiger partial charge in [0.2, 0.25) is 0 Å². The van der Waals surface area contributed by atoms with Gasteiger partial charge in [0.1, 0.15) is 5.82 Å². The minimum Gasteiger partial charge on any atom is -0.313 e. The molecule has 1 aromatic rings. The zero-order valence-electron chi connectivity index (χ0n) is 7.63. The van der Waals surface area contributed by atoms with Crippen LogP contribution in [-0.2, 0) is 19.5 Å². The van der Waals surface area contributed by atoms with Crippen molar-refractivity contribution >= 4 is 11.6 Å². The van der Waals surface area contributed by atoms with Gasteiger partial charge in [-0.3, -0.25) is 0 Å². The molecule has 4 nitrogen and oxygen atoms in total. The molecule has 72 valence electrons. The van der Waals surface area contributed by atoms with Gasteiger partial charge in [0.25, 0.3) is 0 Å². The largest absolute Gasteiger partial charge is 0.313 e. The minimum absolute atomic E-state index is 0.235. The van der Waals surface area contributed by atoms with Crippen LogP contribution in [0.3, 0.4) is 0 Å². The van der Waals surface area contributed by atoms with Gasteiger partial charge in [0.05, 0.1) is 6.54 Å². The van der Waals surface area contributed by atoms with E-state index in [0.29, 0.717) is 0 Å². The summed E-state index contributed by atoms with van der Waals surface area (Å²) in [7, 11) is 1.89. The highest BCUT2D eigenvalue weighted by Crippen LogP contribution is 2.17. The SMILES string of the molecule is CNCc1nc2n(n1)CCC(Cl)C2. The number of fused-ring (bicyclic) bond motifs is 1. The number of hydrogen-bond acceptors (Lipinski definition) is 3. The first kappa shape index (κ1) is 8.97. The molecule has 13 heavy (non-hydrogen) atoms. The van der Waals surface area contributed by atoms with Crippen molar-refractivity contribution in [3.63, 3.8) is 0 Å². The molecule has 1 aromatic heterocycles. The van der Waals surface area contributed by atoms with Gasteiger partial charge in [-0.2, -0.15) is 5.10 Å². The number of hydrogen-bond donors (Lipinski definition) is 1. The van der Waals surface area contributed by atoms with Gasteiger partial charge < -0.3 is 5.32 Å². The molecule has 1 aliphatic rings. The molecule has 0 saturated heterocycles. The first-order chi connectivity index (χ1) is 6.29. The number of halogens is 1. The van der Waals surface area contributed by atoms with Crippen molar-refractivity contribution in [3.8, 4) is 0 Å². The van der Waals surface area contributed by atoms with Crippen LogP contribution in [0, 0.1) is 0 Å². The first-order valence-corrected chi connectivity index (χ1v) is 4.94. The fourth-order valence-electron chi connectivity index (χ4n) is 1.55. The maximum absolute atomic E-state index is 6.03. The van der Waals surface area contributed by atoms with Gasteiger partial charge >= 0.3 is 0 Å². The Morgan fingerprint density at radius 3 is 3.31 bits per heavy atom. The van der Waals surface area contributed by atoms with E-state index in [4.69, 9.17) is 11.6 Å². The number of rotatable bonds is 2. The Kier molecular flexibility index (Phi) is 2.51. The Labute approximate surface area is 82.3 Å². The van der Waals surface area contributed by atoms with E-state index in [-0.39, 0.29) is 5.38 Å². The van der Waals surface area contributed by atoms with Crippen molar-refractivity contribution in [1.82, 2.24) is 20.1 Å². The zero-order chi connectivity index (χ0) is 9.26. The summed E-state index contributed by atoms with van der Waals surface area (Å²) in [4.78, 5) is 4.40. The van der Waals surface area contributed by atoms with Crippen LogP contribution in [0.5, 0.6) is 0 Å². The third-order valence-corrected chi connectivity index (χ3v) is 2.56. The van der Waals surface area contributed by atoms with Gasteiger partial charge in [-0.05, 0) is 13.5 Å². The van der Waals surface area contributed by atoms with E-state index in [9.17, 15) is 0 Å². The third-order valence-electron chi connectivity index (χ3n) is 2.19. The second-order valence-corrected chi connectivity index (χ2v) is 3.91. The fourth-order valence-corrected chi connectivity index (χ4v) is 1.79.